The third-order valence-corrected chi connectivity index (χ3v) is 8.19. The Balaban J connectivity index is 1.94. The topological polar surface area (TPSA) is 91.8 Å². The number of carbonyl (C=O) groups is 1. The van der Waals surface area contributed by atoms with E-state index in [-0.39, 0.29) is 42.5 Å². The van der Waals surface area contributed by atoms with E-state index in [1.807, 2.05) is 0 Å². The highest BCUT2D eigenvalue weighted by molar-refractivity contribution is 7.91. The lowest BCUT2D eigenvalue weighted by molar-refractivity contribution is -0.131. The van der Waals surface area contributed by atoms with Gasteiger partial charge in [0.1, 0.15) is 0 Å². The first-order chi connectivity index (χ1) is 11.1. The maximum Gasteiger partial charge on any atom is 0.223 e. The van der Waals surface area contributed by atoms with Crippen molar-refractivity contribution in [2.75, 3.05) is 31.4 Å². The molecule has 1 amide bonds. The lowest BCUT2D eigenvalue weighted by Gasteiger charge is -2.33. The van der Waals surface area contributed by atoms with Crippen LogP contribution < -0.4 is 0 Å². The standard InChI is InChI=1S/C15H28N2O5S2/c1-16(14-9-11-24(21,22)12-14)15(18)8-10-17(23(2,19)20)13-6-4-3-5-7-13/h13-14H,3-12H2,1-2H3. The Morgan fingerprint density at radius 1 is 1.08 bits per heavy atom. The second-order valence-electron chi connectivity index (χ2n) is 6.98. The monoisotopic (exact) mass is 380 g/mol. The minimum Gasteiger partial charge on any atom is -0.342 e. The third-order valence-electron chi connectivity index (χ3n) is 5.10. The summed E-state index contributed by atoms with van der Waals surface area (Å²) < 4.78 is 48.7. The Kier molecular flexibility index (Phi) is 6.30. The summed E-state index contributed by atoms with van der Waals surface area (Å²) in [5.74, 6) is -0.0675. The van der Waals surface area contributed by atoms with E-state index in [0.717, 1.165) is 32.1 Å². The molecule has 0 spiro atoms. The summed E-state index contributed by atoms with van der Waals surface area (Å²) in [6, 6.07) is -0.303. The smallest absolute Gasteiger partial charge is 0.223 e. The van der Waals surface area contributed by atoms with Crippen molar-refractivity contribution >= 4 is 25.8 Å². The fourth-order valence-electron chi connectivity index (χ4n) is 3.65. The second-order valence-corrected chi connectivity index (χ2v) is 11.1. The molecule has 1 aliphatic heterocycles. The molecule has 7 nitrogen and oxygen atoms in total. The fourth-order valence-corrected chi connectivity index (χ4v) is 6.60. The molecule has 1 atom stereocenters. The van der Waals surface area contributed by atoms with E-state index in [4.69, 9.17) is 0 Å². The zero-order valence-corrected chi connectivity index (χ0v) is 16.1. The second kappa shape index (κ2) is 7.70. The van der Waals surface area contributed by atoms with Crippen LogP contribution in [0.2, 0.25) is 0 Å². The number of rotatable bonds is 6. The van der Waals surface area contributed by atoms with Crippen molar-refractivity contribution in [3.63, 3.8) is 0 Å². The van der Waals surface area contributed by atoms with Crippen LogP contribution in [0.25, 0.3) is 0 Å². The molecular formula is C15H28N2O5S2. The van der Waals surface area contributed by atoms with Gasteiger partial charge in [0.05, 0.1) is 17.8 Å². The summed E-state index contributed by atoms with van der Waals surface area (Å²) in [5.41, 5.74) is 0. The predicted octanol–water partition coefficient (Wildman–Crippen LogP) is 0.616. The zero-order valence-electron chi connectivity index (χ0n) is 14.5. The normalized spacial score (nSPS) is 25.0. The minimum absolute atomic E-state index is 0.00759. The molecule has 1 saturated heterocycles. The summed E-state index contributed by atoms with van der Waals surface area (Å²) in [5, 5.41) is 0. The Labute approximate surface area is 145 Å². The van der Waals surface area contributed by atoms with Crippen molar-refractivity contribution in [3.05, 3.63) is 0 Å². The van der Waals surface area contributed by atoms with Crippen LogP contribution in [0.15, 0.2) is 0 Å². The Morgan fingerprint density at radius 2 is 1.71 bits per heavy atom. The SMILES string of the molecule is CN(C(=O)CCN(C1CCCCC1)S(C)(=O)=O)C1CCS(=O)(=O)C1. The van der Waals surface area contributed by atoms with Crippen LogP contribution in [0.5, 0.6) is 0 Å². The highest BCUT2D eigenvalue weighted by atomic mass is 32.2. The van der Waals surface area contributed by atoms with E-state index in [1.165, 1.54) is 15.5 Å². The first-order valence-corrected chi connectivity index (χ1v) is 12.2. The van der Waals surface area contributed by atoms with Gasteiger partial charge in [-0.25, -0.2) is 16.8 Å². The fraction of sp³-hybridized carbons (Fsp3) is 0.933. The first-order valence-electron chi connectivity index (χ1n) is 8.53. The van der Waals surface area contributed by atoms with Crippen LogP contribution in [-0.2, 0) is 24.7 Å². The molecule has 1 aliphatic carbocycles. The van der Waals surface area contributed by atoms with Gasteiger partial charge in [-0.1, -0.05) is 19.3 Å². The lowest BCUT2D eigenvalue weighted by Crippen LogP contribution is -2.44. The van der Waals surface area contributed by atoms with Gasteiger partial charge < -0.3 is 4.90 Å². The third kappa shape index (κ3) is 5.16. The number of hydrogen-bond acceptors (Lipinski definition) is 5. The number of nitrogens with zero attached hydrogens (tertiary/aromatic N) is 2. The average molecular weight is 381 g/mol. The molecule has 2 aliphatic rings. The van der Waals surface area contributed by atoms with E-state index in [9.17, 15) is 21.6 Å². The lowest BCUT2D eigenvalue weighted by atomic mass is 9.95. The van der Waals surface area contributed by atoms with E-state index in [2.05, 4.69) is 0 Å². The highest BCUT2D eigenvalue weighted by Gasteiger charge is 2.34. The Bertz CT molecular complexity index is 653. The number of carbonyl (C=O) groups excluding carboxylic acids is 1. The highest BCUT2D eigenvalue weighted by Crippen LogP contribution is 2.25. The van der Waals surface area contributed by atoms with Gasteiger partial charge in [0.25, 0.3) is 0 Å². The molecule has 24 heavy (non-hydrogen) atoms. The molecule has 1 heterocycles. The molecule has 2 fully saturated rings. The van der Waals surface area contributed by atoms with Crippen LogP contribution in [0.4, 0.5) is 0 Å². The Hall–Kier alpha value is -0.670. The summed E-state index contributed by atoms with van der Waals surface area (Å²) in [6.07, 6.45) is 6.61. The summed E-state index contributed by atoms with van der Waals surface area (Å²) in [7, 11) is -4.79. The van der Waals surface area contributed by atoms with Crippen molar-refractivity contribution < 1.29 is 21.6 Å². The largest absolute Gasteiger partial charge is 0.342 e. The predicted molar refractivity (Wildman–Crippen MR) is 92.9 cm³/mol. The Morgan fingerprint density at radius 3 is 2.21 bits per heavy atom. The van der Waals surface area contributed by atoms with Crippen LogP contribution >= 0.6 is 0 Å². The number of amides is 1. The van der Waals surface area contributed by atoms with Crippen LogP contribution in [0.1, 0.15) is 44.9 Å². The van der Waals surface area contributed by atoms with Gasteiger partial charge in [0.2, 0.25) is 15.9 Å². The molecule has 0 aromatic carbocycles. The van der Waals surface area contributed by atoms with E-state index < -0.39 is 19.9 Å². The van der Waals surface area contributed by atoms with Crippen molar-refractivity contribution in [2.24, 2.45) is 0 Å². The van der Waals surface area contributed by atoms with Gasteiger partial charge in [-0.3, -0.25) is 4.79 Å². The number of sulfonamides is 1. The summed E-state index contributed by atoms with van der Waals surface area (Å²) in [6.45, 7) is 0.173. The van der Waals surface area contributed by atoms with Crippen LogP contribution in [-0.4, -0.2) is 75.4 Å². The first kappa shape index (κ1) is 19.7. The molecule has 1 saturated carbocycles. The minimum atomic E-state index is -3.36. The van der Waals surface area contributed by atoms with E-state index in [0.29, 0.717) is 6.42 Å². The van der Waals surface area contributed by atoms with Gasteiger partial charge >= 0.3 is 0 Å². The molecule has 9 heteroatoms. The average Bonchev–Trinajstić information content (AvgIpc) is 2.86. The molecule has 0 aromatic heterocycles. The van der Waals surface area contributed by atoms with Crippen LogP contribution in [0, 0.1) is 0 Å². The molecule has 140 valence electrons. The maximum absolute atomic E-state index is 12.4. The van der Waals surface area contributed by atoms with Gasteiger partial charge in [-0.2, -0.15) is 4.31 Å². The van der Waals surface area contributed by atoms with E-state index >= 15 is 0 Å². The molecular weight excluding hydrogens is 352 g/mol. The molecule has 0 N–H and O–H groups in total. The number of sulfone groups is 1. The van der Waals surface area contributed by atoms with Gasteiger partial charge in [-0.15, -0.1) is 0 Å². The molecule has 0 aromatic rings. The number of hydrogen-bond donors (Lipinski definition) is 0. The van der Waals surface area contributed by atoms with Gasteiger partial charge in [0, 0.05) is 32.1 Å². The molecule has 1 unspecified atom stereocenters. The zero-order chi connectivity index (χ0) is 18.0. The summed E-state index contributed by atoms with van der Waals surface area (Å²) >= 11 is 0. The molecule has 2 rings (SSSR count). The molecule has 0 bridgehead atoms. The van der Waals surface area contributed by atoms with Gasteiger partial charge in [0.15, 0.2) is 9.84 Å². The van der Waals surface area contributed by atoms with Crippen molar-refractivity contribution in [1.82, 2.24) is 9.21 Å². The molecule has 0 radical (unpaired) electrons. The van der Waals surface area contributed by atoms with Crippen molar-refractivity contribution in [2.45, 2.75) is 57.0 Å². The van der Waals surface area contributed by atoms with Gasteiger partial charge in [-0.05, 0) is 19.3 Å². The maximum atomic E-state index is 12.4. The quantitative estimate of drug-likeness (QED) is 0.673. The van der Waals surface area contributed by atoms with Crippen molar-refractivity contribution in [1.29, 1.82) is 0 Å². The van der Waals surface area contributed by atoms with E-state index in [1.54, 1.807) is 7.05 Å². The van der Waals surface area contributed by atoms with Crippen molar-refractivity contribution in [3.8, 4) is 0 Å². The van der Waals surface area contributed by atoms with Crippen LogP contribution in [0.3, 0.4) is 0 Å². The summed E-state index contributed by atoms with van der Waals surface area (Å²) in [4.78, 5) is 13.8.